The molecule has 0 fully saturated rings. The second kappa shape index (κ2) is 12.0. The third-order valence-corrected chi connectivity index (χ3v) is 7.46. The van der Waals surface area contributed by atoms with E-state index < -0.39 is 11.9 Å². The van der Waals surface area contributed by atoms with Crippen molar-refractivity contribution in [2.24, 2.45) is 0 Å². The van der Waals surface area contributed by atoms with Crippen LogP contribution >= 0.6 is 27.5 Å². The molecule has 1 aliphatic heterocycles. The van der Waals surface area contributed by atoms with E-state index in [1.807, 2.05) is 37.3 Å². The summed E-state index contributed by atoms with van der Waals surface area (Å²) in [5.41, 5.74) is 5.40. The number of hydrogen-bond acceptors (Lipinski definition) is 8. The quantitative estimate of drug-likeness (QED) is 0.203. The maximum atomic E-state index is 13.3. The fraction of sp³-hybridized carbons (Fsp3) is 0.259. The van der Waals surface area contributed by atoms with Crippen LogP contribution in [-0.2, 0) is 22.5 Å². The number of nitrogens with one attached hydrogen (secondary N) is 2. The molecule has 0 saturated carbocycles. The molecule has 0 atom stereocenters. The van der Waals surface area contributed by atoms with Crippen LogP contribution in [0.4, 0.5) is 0 Å². The Bertz CT molecular complexity index is 1630. The molecular formula is C27H25BrClN7O4. The van der Waals surface area contributed by atoms with Crippen molar-refractivity contribution < 1.29 is 18.7 Å². The highest BCUT2D eigenvalue weighted by Gasteiger charge is 2.29. The zero-order valence-electron chi connectivity index (χ0n) is 21.7. The van der Waals surface area contributed by atoms with E-state index in [0.717, 1.165) is 44.3 Å². The van der Waals surface area contributed by atoms with Gasteiger partial charge in [0.25, 0.3) is 5.91 Å². The molecule has 2 aromatic heterocycles. The van der Waals surface area contributed by atoms with Gasteiger partial charge in [0.15, 0.2) is 11.0 Å². The van der Waals surface area contributed by atoms with Gasteiger partial charge in [-0.3, -0.25) is 9.59 Å². The number of fused-ring (bicyclic) bond motifs is 1. The van der Waals surface area contributed by atoms with Gasteiger partial charge in [-0.05, 0) is 62.5 Å². The molecule has 40 heavy (non-hydrogen) atoms. The summed E-state index contributed by atoms with van der Waals surface area (Å²) < 4.78 is 13.1. The summed E-state index contributed by atoms with van der Waals surface area (Å²) in [7, 11) is 0. The summed E-state index contributed by atoms with van der Waals surface area (Å²) >= 11 is 10.3. The Hall–Kier alpha value is -4.03. The highest BCUT2D eigenvalue weighted by atomic mass is 79.9. The molecule has 0 radical (unpaired) electrons. The number of carbonyl (C=O) groups is 2. The number of esters is 1. The number of aryl methyl sites for hydroxylation is 1. The van der Waals surface area contributed by atoms with E-state index in [4.69, 9.17) is 20.8 Å². The fourth-order valence-electron chi connectivity index (χ4n) is 4.70. The Morgan fingerprint density at radius 3 is 2.67 bits per heavy atom. The van der Waals surface area contributed by atoms with Crippen molar-refractivity contribution >= 4 is 39.4 Å². The number of tetrazole rings is 1. The molecule has 3 heterocycles. The van der Waals surface area contributed by atoms with E-state index >= 15 is 0 Å². The number of H-pyrrole nitrogens is 1. The Morgan fingerprint density at radius 2 is 1.95 bits per heavy atom. The third kappa shape index (κ3) is 5.24. The first-order valence-electron chi connectivity index (χ1n) is 12.6. The average Bonchev–Trinajstić information content (AvgIpc) is 3.66. The van der Waals surface area contributed by atoms with E-state index in [2.05, 4.69) is 46.9 Å². The van der Waals surface area contributed by atoms with Gasteiger partial charge >= 0.3 is 5.97 Å². The predicted molar refractivity (Wildman–Crippen MR) is 151 cm³/mol. The van der Waals surface area contributed by atoms with E-state index in [1.54, 1.807) is 24.0 Å². The molecular weight excluding hydrogens is 602 g/mol. The zero-order valence-corrected chi connectivity index (χ0v) is 24.0. The summed E-state index contributed by atoms with van der Waals surface area (Å²) in [5.74, 6) is 0.105. The normalized spacial score (nSPS) is 11.2. The van der Waals surface area contributed by atoms with Gasteiger partial charge in [-0.1, -0.05) is 42.8 Å². The number of benzene rings is 1. The molecule has 13 heteroatoms. The maximum absolute atomic E-state index is 13.3. The Kier molecular flexibility index (Phi) is 8.27. The van der Waals surface area contributed by atoms with Gasteiger partial charge in [-0.15, -0.1) is 5.10 Å². The lowest BCUT2D eigenvalue weighted by atomic mass is 9.97. The van der Waals surface area contributed by atoms with Crippen molar-refractivity contribution in [3.63, 3.8) is 0 Å². The van der Waals surface area contributed by atoms with Crippen molar-refractivity contribution in [3.8, 4) is 33.6 Å². The largest absolute Gasteiger partial charge is 0.472 e. The minimum atomic E-state index is -0.540. The van der Waals surface area contributed by atoms with Gasteiger partial charge in [0, 0.05) is 27.6 Å². The lowest BCUT2D eigenvalue weighted by molar-refractivity contribution is -0.141. The van der Waals surface area contributed by atoms with E-state index in [9.17, 15) is 9.59 Å². The van der Waals surface area contributed by atoms with Crippen LogP contribution in [0.3, 0.4) is 0 Å². The Balaban J connectivity index is 1.66. The molecule has 0 unspecified atom stereocenters. The first kappa shape index (κ1) is 27.5. The molecule has 206 valence electrons. The number of nitrogens with zero attached hydrogens (tertiary/aromatic N) is 5. The van der Waals surface area contributed by atoms with Gasteiger partial charge in [-0.2, -0.15) is 0 Å². The van der Waals surface area contributed by atoms with Crippen LogP contribution < -0.4 is 5.32 Å². The molecule has 2 aliphatic rings. The number of imidazole rings is 1. The van der Waals surface area contributed by atoms with E-state index in [-0.39, 0.29) is 30.5 Å². The average molecular weight is 627 g/mol. The van der Waals surface area contributed by atoms with Gasteiger partial charge in [0.2, 0.25) is 0 Å². The number of aromatic amines is 1. The second-order valence-electron chi connectivity index (χ2n) is 8.84. The number of carbonyl (C=O) groups excluding carboxylic acids is 2. The van der Waals surface area contributed by atoms with Crippen molar-refractivity contribution in [1.82, 2.24) is 35.5 Å². The van der Waals surface area contributed by atoms with E-state index in [0.29, 0.717) is 18.1 Å². The fourth-order valence-corrected chi connectivity index (χ4v) is 5.75. The maximum Gasteiger partial charge on any atom is 0.325 e. The first-order chi connectivity index (χ1) is 19.4. The van der Waals surface area contributed by atoms with Crippen molar-refractivity contribution in [1.29, 1.82) is 0 Å². The lowest BCUT2D eigenvalue weighted by Gasteiger charge is -2.15. The first-order valence-corrected chi connectivity index (χ1v) is 13.8. The number of aromatic nitrogens is 6. The standard InChI is InChI=1S/C27H25BrClN7O4/c1-3-7-20-31-25(29)24(27(38)30-12-21(37)40-4-2)36(20)13-18-15-10-11-39-14-19(15)23(28)22(18)16-8-5-6-9-17(16)26-32-34-35-33-26/h5-6,8-11,14H,3-4,7,12-13H2,1-2H3,(H,30,38)(H,32,33,34,35). The monoisotopic (exact) mass is 625 g/mol. The molecule has 2 N–H and O–H groups in total. The van der Waals surface area contributed by atoms with Gasteiger partial charge in [0.05, 0.1) is 25.7 Å². The number of hydrogen-bond donors (Lipinski definition) is 2. The number of ether oxygens (including phenoxy) is 1. The molecule has 1 aromatic carbocycles. The van der Waals surface area contributed by atoms with Crippen LogP contribution in [0, 0.1) is 0 Å². The van der Waals surface area contributed by atoms with Crippen LogP contribution in [0.15, 0.2) is 51.7 Å². The summed E-state index contributed by atoms with van der Waals surface area (Å²) in [6, 6.07) is 9.65. The van der Waals surface area contributed by atoms with Crippen LogP contribution in [0.2, 0.25) is 5.15 Å². The summed E-state index contributed by atoms with van der Waals surface area (Å²) in [6.07, 6.45) is 4.66. The molecule has 11 nitrogen and oxygen atoms in total. The predicted octanol–water partition coefficient (Wildman–Crippen LogP) is 5.14. The highest BCUT2D eigenvalue weighted by Crippen LogP contribution is 2.48. The topological polar surface area (TPSA) is 141 Å². The summed E-state index contributed by atoms with van der Waals surface area (Å²) in [5, 5.41) is 17.1. The minimum Gasteiger partial charge on any atom is -0.472 e. The van der Waals surface area contributed by atoms with Crippen LogP contribution in [0.1, 0.15) is 42.1 Å². The zero-order chi connectivity index (χ0) is 28.2. The summed E-state index contributed by atoms with van der Waals surface area (Å²) in [4.78, 5) is 29.7. The molecule has 3 aromatic rings. The number of rotatable bonds is 10. The Morgan fingerprint density at radius 1 is 1.15 bits per heavy atom. The van der Waals surface area contributed by atoms with Gasteiger partial charge in [0.1, 0.15) is 18.1 Å². The SMILES string of the molecule is CCCc1nc(Cl)c(C(=O)NCC(=O)OCC)n1Cc1c2ccocc-2c(Br)c1-c1ccccc1-c1nnn[nH]1. The lowest BCUT2D eigenvalue weighted by Crippen LogP contribution is -2.32. The highest BCUT2D eigenvalue weighted by molar-refractivity contribution is 9.10. The molecule has 1 amide bonds. The minimum absolute atomic E-state index is 0.0596. The van der Waals surface area contributed by atoms with Crippen LogP contribution in [0.5, 0.6) is 0 Å². The molecule has 5 rings (SSSR count). The smallest absolute Gasteiger partial charge is 0.325 e. The van der Waals surface area contributed by atoms with Gasteiger partial charge in [-0.25, -0.2) is 10.1 Å². The van der Waals surface area contributed by atoms with Crippen molar-refractivity contribution in [3.05, 3.63) is 69.6 Å². The summed E-state index contributed by atoms with van der Waals surface area (Å²) in [6.45, 7) is 3.92. The molecule has 0 bridgehead atoms. The van der Waals surface area contributed by atoms with Crippen molar-refractivity contribution in [2.45, 2.75) is 33.2 Å². The number of halogens is 2. The van der Waals surface area contributed by atoms with Crippen molar-refractivity contribution in [2.75, 3.05) is 13.2 Å². The Labute approximate surface area is 242 Å². The van der Waals surface area contributed by atoms with E-state index in [1.165, 1.54) is 0 Å². The van der Waals surface area contributed by atoms with Crippen LogP contribution in [-0.4, -0.2) is 55.2 Å². The molecule has 0 saturated heterocycles. The molecule has 0 spiro atoms. The van der Waals surface area contributed by atoms with Gasteiger partial charge < -0.3 is 19.0 Å². The number of amides is 1. The second-order valence-corrected chi connectivity index (χ2v) is 9.99. The molecule has 1 aliphatic carbocycles. The van der Waals surface area contributed by atoms with Crippen LogP contribution in [0.25, 0.3) is 33.6 Å². The third-order valence-electron chi connectivity index (χ3n) is 6.38.